The molecule has 0 atom stereocenters. The Balaban J connectivity index is 2.59. The molecule has 0 saturated carbocycles. The van der Waals surface area contributed by atoms with Gasteiger partial charge in [-0.2, -0.15) is 0 Å². The first-order valence-corrected chi connectivity index (χ1v) is 5.48. The molecule has 0 fully saturated rings. The van der Waals surface area contributed by atoms with Crippen molar-refractivity contribution in [3.05, 3.63) is 23.2 Å². The number of hydrogen-bond donors (Lipinski definition) is 2. The number of benzene rings is 1. The fraction of sp³-hybridized carbons (Fsp3) is 0.333. The van der Waals surface area contributed by atoms with Crippen LogP contribution >= 0.6 is 23.4 Å². The van der Waals surface area contributed by atoms with E-state index >= 15 is 0 Å². The summed E-state index contributed by atoms with van der Waals surface area (Å²) in [5, 5.41) is 0.726. The van der Waals surface area contributed by atoms with Crippen molar-refractivity contribution in [2.75, 3.05) is 18.0 Å². The van der Waals surface area contributed by atoms with E-state index in [1.807, 2.05) is 12.1 Å². The summed E-state index contributed by atoms with van der Waals surface area (Å²) in [6, 6.07) is 5.51. The second-order valence-corrected chi connectivity index (χ2v) is 4.25. The molecule has 0 bridgehead atoms. The molecule has 0 heterocycles. The fourth-order valence-corrected chi connectivity index (χ4v) is 2.11. The first-order valence-electron chi connectivity index (χ1n) is 4.12. The third kappa shape index (κ3) is 3.46. The summed E-state index contributed by atoms with van der Waals surface area (Å²) in [5.41, 5.74) is 11.9. The van der Waals surface area contributed by atoms with Crippen LogP contribution in [0.1, 0.15) is 6.42 Å². The lowest BCUT2D eigenvalue weighted by atomic mass is 10.3. The van der Waals surface area contributed by atoms with Crippen molar-refractivity contribution < 1.29 is 0 Å². The summed E-state index contributed by atoms with van der Waals surface area (Å²) in [5.74, 6) is 0.987. The van der Waals surface area contributed by atoms with Crippen LogP contribution in [-0.2, 0) is 0 Å². The lowest BCUT2D eigenvalue weighted by Crippen LogP contribution is -1.99. The maximum Gasteiger partial charge on any atom is 0.0453 e. The van der Waals surface area contributed by atoms with E-state index < -0.39 is 0 Å². The van der Waals surface area contributed by atoms with Crippen LogP contribution in [0.4, 0.5) is 5.69 Å². The van der Waals surface area contributed by atoms with Crippen LogP contribution < -0.4 is 11.5 Å². The van der Waals surface area contributed by atoms with Crippen LogP contribution in [0.2, 0.25) is 5.02 Å². The normalized spacial score (nSPS) is 10.3. The Bertz CT molecular complexity index is 278. The van der Waals surface area contributed by atoms with Gasteiger partial charge in [-0.3, -0.25) is 0 Å². The van der Waals surface area contributed by atoms with Crippen molar-refractivity contribution in [2.24, 2.45) is 5.73 Å². The van der Waals surface area contributed by atoms with E-state index in [1.54, 1.807) is 17.8 Å². The van der Waals surface area contributed by atoms with Gasteiger partial charge in [-0.05, 0) is 36.9 Å². The van der Waals surface area contributed by atoms with E-state index in [1.165, 1.54) is 0 Å². The number of rotatable bonds is 4. The molecule has 0 aliphatic heterocycles. The number of nitrogen functional groups attached to an aromatic ring is 1. The van der Waals surface area contributed by atoms with Crippen molar-refractivity contribution in [1.29, 1.82) is 0 Å². The third-order valence-corrected chi connectivity index (χ3v) is 2.97. The monoisotopic (exact) mass is 216 g/mol. The molecule has 4 heteroatoms. The van der Waals surface area contributed by atoms with Crippen LogP contribution in [0.15, 0.2) is 23.1 Å². The number of halogens is 1. The standard InChI is InChI=1S/C9H13ClN2S/c10-7-2-3-8(12)9(6-7)13-5-1-4-11/h2-3,6H,1,4-5,11-12H2. The molecule has 72 valence electrons. The van der Waals surface area contributed by atoms with E-state index in [2.05, 4.69) is 0 Å². The molecule has 4 N–H and O–H groups in total. The molecule has 0 saturated heterocycles. The number of thioether (sulfide) groups is 1. The second kappa shape index (κ2) is 5.37. The molecular formula is C9H13ClN2S. The lowest BCUT2D eigenvalue weighted by molar-refractivity contribution is 0.943. The molecule has 0 aromatic heterocycles. The van der Waals surface area contributed by atoms with Crippen molar-refractivity contribution >= 4 is 29.1 Å². The Morgan fingerprint density at radius 2 is 2.15 bits per heavy atom. The van der Waals surface area contributed by atoms with Gasteiger partial charge < -0.3 is 11.5 Å². The molecule has 13 heavy (non-hydrogen) atoms. The average molecular weight is 217 g/mol. The van der Waals surface area contributed by atoms with Crippen molar-refractivity contribution in [3.63, 3.8) is 0 Å². The van der Waals surface area contributed by atoms with Gasteiger partial charge >= 0.3 is 0 Å². The Labute approximate surface area is 87.6 Å². The van der Waals surface area contributed by atoms with Crippen molar-refractivity contribution in [1.82, 2.24) is 0 Å². The lowest BCUT2D eigenvalue weighted by Gasteiger charge is -2.04. The molecule has 2 nitrogen and oxygen atoms in total. The Morgan fingerprint density at radius 1 is 1.38 bits per heavy atom. The molecule has 0 aliphatic rings. The maximum absolute atomic E-state index is 5.84. The Kier molecular flexibility index (Phi) is 4.42. The van der Waals surface area contributed by atoms with Crippen molar-refractivity contribution in [3.8, 4) is 0 Å². The van der Waals surface area contributed by atoms with Gasteiger partial charge in [-0.1, -0.05) is 11.6 Å². The highest BCUT2D eigenvalue weighted by Gasteiger charge is 1.99. The highest BCUT2D eigenvalue weighted by atomic mass is 35.5. The van der Waals surface area contributed by atoms with Crippen LogP contribution in [0.5, 0.6) is 0 Å². The highest BCUT2D eigenvalue weighted by Crippen LogP contribution is 2.28. The highest BCUT2D eigenvalue weighted by molar-refractivity contribution is 7.99. The SMILES string of the molecule is NCCCSc1cc(Cl)ccc1N. The first kappa shape index (κ1) is 10.7. The Hall–Kier alpha value is -0.380. The zero-order valence-electron chi connectivity index (χ0n) is 7.29. The molecule has 0 aliphatic carbocycles. The van der Waals surface area contributed by atoms with Crippen LogP contribution in [0, 0.1) is 0 Å². The van der Waals surface area contributed by atoms with E-state index in [4.69, 9.17) is 23.1 Å². The van der Waals surface area contributed by atoms with Gasteiger partial charge in [0, 0.05) is 15.6 Å². The van der Waals surface area contributed by atoms with E-state index in [0.717, 1.165) is 27.8 Å². The van der Waals surface area contributed by atoms with Gasteiger partial charge in [-0.15, -0.1) is 11.8 Å². The molecular weight excluding hydrogens is 204 g/mol. The minimum atomic E-state index is 0.716. The van der Waals surface area contributed by atoms with Gasteiger partial charge in [0.15, 0.2) is 0 Å². The van der Waals surface area contributed by atoms with Gasteiger partial charge in [0.1, 0.15) is 0 Å². The number of nitrogens with two attached hydrogens (primary N) is 2. The first-order chi connectivity index (χ1) is 6.24. The summed E-state index contributed by atoms with van der Waals surface area (Å²) in [6.45, 7) is 0.716. The molecule has 0 amide bonds. The quantitative estimate of drug-likeness (QED) is 0.462. The summed E-state index contributed by atoms with van der Waals surface area (Å²) < 4.78 is 0. The predicted molar refractivity (Wildman–Crippen MR) is 60.3 cm³/mol. The summed E-state index contributed by atoms with van der Waals surface area (Å²) in [6.07, 6.45) is 0.997. The number of hydrogen-bond acceptors (Lipinski definition) is 3. The summed E-state index contributed by atoms with van der Waals surface area (Å²) >= 11 is 7.53. The fourth-order valence-electron chi connectivity index (χ4n) is 0.899. The molecule has 1 rings (SSSR count). The molecule has 1 aromatic carbocycles. The molecule has 0 unspecified atom stereocenters. The predicted octanol–water partition coefficient (Wildman–Crippen LogP) is 2.36. The van der Waals surface area contributed by atoms with Crippen LogP contribution in [0.3, 0.4) is 0 Å². The second-order valence-electron chi connectivity index (χ2n) is 2.67. The van der Waals surface area contributed by atoms with Gasteiger partial charge in [-0.25, -0.2) is 0 Å². The van der Waals surface area contributed by atoms with E-state index in [9.17, 15) is 0 Å². The number of anilines is 1. The van der Waals surface area contributed by atoms with Gasteiger partial charge in [0.2, 0.25) is 0 Å². The zero-order chi connectivity index (χ0) is 9.68. The molecule has 1 aromatic rings. The van der Waals surface area contributed by atoms with Crippen molar-refractivity contribution in [2.45, 2.75) is 11.3 Å². The summed E-state index contributed by atoms with van der Waals surface area (Å²) in [7, 11) is 0. The smallest absolute Gasteiger partial charge is 0.0453 e. The Morgan fingerprint density at radius 3 is 2.85 bits per heavy atom. The average Bonchev–Trinajstić information content (AvgIpc) is 2.11. The van der Waals surface area contributed by atoms with E-state index in [0.29, 0.717) is 6.54 Å². The molecule has 0 spiro atoms. The van der Waals surface area contributed by atoms with E-state index in [-0.39, 0.29) is 0 Å². The topological polar surface area (TPSA) is 52.0 Å². The minimum Gasteiger partial charge on any atom is -0.398 e. The maximum atomic E-state index is 5.84. The van der Waals surface area contributed by atoms with Gasteiger partial charge in [0.25, 0.3) is 0 Å². The van der Waals surface area contributed by atoms with Crippen LogP contribution in [-0.4, -0.2) is 12.3 Å². The summed E-state index contributed by atoms with van der Waals surface area (Å²) in [4.78, 5) is 1.04. The minimum absolute atomic E-state index is 0.716. The largest absolute Gasteiger partial charge is 0.398 e. The molecule has 0 radical (unpaired) electrons. The van der Waals surface area contributed by atoms with Crippen LogP contribution in [0.25, 0.3) is 0 Å². The third-order valence-electron chi connectivity index (χ3n) is 1.58. The zero-order valence-corrected chi connectivity index (χ0v) is 8.87. The van der Waals surface area contributed by atoms with Gasteiger partial charge in [0.05, 0.1) is 0 Å².